The Kier molecular flexibility index (Phi) is 2.59. The van der Waals surface area contributed by atoms with Crippen LogP contribution in [0.1, 0.15) is 0 Å². The Morgan fingerprint density at radius 3 is 2.53 bits per heavy atom. The molecular formula is C12H12N2O3. The van der Waals surface area contributed by atoms with Crippen LogP contribution >= 0.6 is 0 Å². The number of nitrogens with zero attached hydrogens (tertiary/aromatic N) is 2. The lowest BCUT2D eigenvalue weighted by atomic mass is 10.3. The molecule has 0 aliphatic carbocycles. The van der Waals surface area contributed by atoms with E-state index in [9.17, 15) is 9.59 Å². The van der Waals surface area contributed by atoms with Gasteiger partial charge >= 0.3 is 11.7 Å². The molecule has 1 aromatic heterocycles. The minimum atomic E-state index is -1.09. The van der Waals surface area contributed by atoms with Crippen molar-refractivity contribution in [3.05, 3.63) is 46.9 Å². The van der Waals surface area contributed by atoms with Crippen molar-refractivity contribution >= 4 is 17.0 Å². The summed E-state index contributed by atoms with van der Waals surface area (Å²) in [4.78, 5) is 22.7. The monoisotopic (exact) mass is 232 g/mol. The van der Waals surface area contributed by atoms with Crippen LogP contribution < -0.4 is 5.69 Å². The van der Waals surface area contributed by atoms with Crippen LogP contribution in [-0.2, 0) is 18.4 Å². The minimum absolute atomic E-state index is 0.00444. The molecule has 0 aliphatic rings. The van der Waals surface area contributed by atoms with E-state index in [1.165, 1.54) is 9.13 Å². The standard InChI is InChI=1S/C12H12N2O3/c1-8(11(15)16)7-14-10-6-4-3-5-9(10)13(2)12(14)17/h3-6H,1,7H2,2H3,(H,15,16). The number of rotatable bonds is 3. The minimum Gasteiger partial charge on any atom is -0.478 e. The third-order valence-electron chi connectivity index (χ3n) is 2.70. The molecule has 2 rings (SSSR count). The van der Waals surface area contributed by atoms with Crippen molar-refractivity contribution in [3.8, 4) is 0 Å². The zero-order valence-electron chi connectivity index (χ0n) is 9.38. The van der Waals surface area contributed by atoms with Crippen molar-refractivity contribution in [1.82, 2.24) is 9.13 Å². The summed E-state index contributed by atoms with van der Waals surface area (Å²) in [7, 11) is 1.66. The van der Waals surface area contributed by atoms with Crippen LogP contribution in [0.2, 0.25) is 0 Å². The molecular weight excluding hydrogens is 220 g/mol. The van der Waals surface area contributed by atoms with Crippen molar-refractivity contribution in [2.24, 2.45) is 7.05 Å². The Hall–Kier alpha value is -2.30. The molecule has 17 heavy (non-hydrogen) atoms. The molecule has 2 aromatic rings. The average Bonchev–Trinajstić information content (AvgIpc) is 2.55. The third kappa shape index (κ3) is 1.75. The molecule has 0 saturated heterocycles. The predicted molar refractivity (Wildman–Crippen MR) is 64.0 cm³/mol. The summed E-state index contributed by atoms with van der Waals surface area (Å²) in [5.41, 5.74) is 1.23. The highest BCUT2D eigenvalue weighted by atomic mass is 16.4. The second kappa shape index (κ2) is 3.93. The van der Waals surface area contributed by atoms with Gasteiger partial charge in [-0.15, -0.1) is 0 Å². The lowest BCUT2D eigenvalue weighted by Crippen LogP contribution is -2.24. The van der Waals surface area contributed by atoms with E-state index in [0.29, 0.717) is 5.52 Å². The SMILES string of the molecule is C=C(Cn1c(=O)n(C)c2ccccc21)C(=O)O. The topological polar surface area (TPSA) is 64.2 Å². The molecule has 0 atom stereocenters. The van der Waals surface area contributed by atoms with Gasteiger partial charge in [0, 0.05) is 12.6 Å². The van der Waals surface area contributed by atoms with E-state index >= 15 is 0 Å². The Morgan fingerprint density at radius 2 is 1.94 bits per heavy atom. The number of hydrogen-bond acceptors (Lipinski definition) is 2. The zero-order valence-corrected chi connectivity index (χ0v) is 9.38. The molecule has 0 fully saturated rings. The quantitative estimate of drug-likeness (QED) is 0.802. The van der Waals surface area contributed by atoms with Gasteiger partial charge in [0.25, 0.3) is 0 Å². The largest absolute Gasteiger partial charge is 0.478 e. The van der Waals surface area contributed by atoms with E-state index in [0.717, 1.165) is 5.52 Å². The van der Waals surface area contributed by atoms with Crippen molar-refractivity contribution in [2.75, 3.05) is 0 Å². The highest BCUT2D eigenvalue weighted by molar-refractivity contribution is 5.86. The van der Waals surface area contributed by atoms with Gasteiger partial charge in [-0.2, -0.15) is 0 Å². The number of carboxylic acids is 1. The summed E-state index contributed by atoms with van der Waals surface area (Å²) in [5.74, 6) is -1.09. The second-order valence-corrected chi connectivity index (χ2v) is 3.83. The molecule has 88 valence electrons. The van der Waals surface area contributed by atoms with Crippen molar-refractivity contribution < 1.29 is 9.90 Å². The number of hydrogen-bond donors (Lipinski definition) is 1. The van der Waals surface area contributed by atoms with Crippen molar-refractivity contribution in [3.63, 3.8) is 0 Å². The van der Waals surface area contributed by atoms with E-state index in [-0.39, 0.29) is 17.8 Å². The molecule has 0 unspecified atom stereocenters. The van der Waals surface area contributed by atoms with Gasteiger partial charge in [-0.25, -0.2) is 9.59 Å². The Balaban J connectivity index is 2.62. The van der Waals surface area contributed by atoms with Crippen LogP contribution in [0.3, 0.4) is 0 Å². The van der Waals surface area contributed by atoms with E-state index in [2.05, 4.69) is 6.58 Å². The molecule has 0 aliphatic heterocycles. The average molecular weight is 232 g/mol. The maximum Gasteiger partial charge on any atom is 0.332 e. The summed E-state index contributed by atoms with van der Waals surface area (Å²) < 4.78 is 2.90. The lowest BCUT2D eigenvalue weighted by Gasteiger charge is -2.02. The summed E-state index contributed by atoms with van der Waals surface area (Å²) in [6.45, 7) is 3.43. The molecule has 5 nitrogen and oxygen atoms in total. The van der Waals surface area contributed by atoms with E-state index in [1.807, 2.05) is 18.2 Å². The van der Waals surface area contributed by atoms with Crippen LogP contribution in [0.4, 0.5) is 0 Å². The zero-order chi connectivity index (χ0) is 12.6. The van der Waals surface area contributed by atoms with Gasteiger partial charge in [-0.05, 0) is 12.1 Å². The fourth-order valence-electron chi connectivity index (χ4n) is 1.77. The number of imidazole rings is 1. The smallest absolute Gasteiger partial charge is 0.332 e. The van der Waals surface area contributed by atoms with Crippen molar-refractivity contribution in [2.45, 2.75) is 6.54 Å². The number of para-hydroxylation sites is 2. The number of carboxylic acid groups (broad SMARTS) is 1. The lowest BCUT2D eigenvalue weighted by molar-refractivity contribution is -0.132. The molecule has 1 heterocycles. The second-order valence-electron chi connectivity index (χ2n) is 3.83. The van der Waals surface area contributed by atoms with Gasteiger partial charge < -0.3 is 5.11 Å². The van der Waals surface area contributed by atoms with Crippen molar-refractivity contribution in [1.29, 1.82) is 0 Å². The summed E-state index contributed by atoms with van der Waals surface area (Å²) in [6.07, 6.45) is 0. The van der Waals surface area contributed by atoms with Gasteiger partial charge in [0.1, 0.15) is 0 Å². The Bertz CT molecular complexity index is 664. The number of fused-ring (bicyclic) bond motifs is 1. The number of aromatic nitrogens is 2. The first-order chi connectivity index (χ1) is 8.02. The van der Waals surface area contributed by atoms with Crippen LogP contribution in [0.15, 0.2) is 41.2 Å². The highest BCUT2D eigenvalue weighted by Crippen LogP contribution is 2.12. The van der Waals surface area contributed by atoms with Crippen LogP contribution in [0.5, 0.6) is 0 Å². The molecule has 0 spiro atoms. The van der Waals surface area contributed by atoms with Gasteiger partial charge in [0.15, 0.2) is 0 Å². The highest BCUT2D eigenvalue weighted by Gasteiger charge is 2.13. The molecule has 1 aromatic carbocycles. The first kappa shape index (κ1) is 11.2. The van der Waals surface area contributed by atoms with Gasteiger partial charge in [0.05, 0.1) is 17.6 Å². The molecule has 0 radical (unpaired) electrons. The number of benzene rings is 1. The number of aliphatic carboxylic acids is 1. The Morgan fingerprint density at radius 1 is 1.35 bits per heavy atom. The fourth-order valence-corrected chi connectivity index (χ4v) is 1.77. The van der Waals surface area contributed by atoms with Crippen LogP contribution in [0, 0.1) is 0 Å². The summed E-state index contributed by atoms with van der Waals surface area (Å²) in [5, 5.41) is 8.79. The molecule has 5 heteroatoms. The first-order valence-electron chi connectivity index (χ1n) is 5.07. The number of carbonyl (C=O) groups is 1. The third-order valence-corrected chi connectivity index (χ3v) is 2.70. The summed E-state index contributed by atoms with van der Waals surface area (Å²) in [6, 6.07) is 7.24. The van der Waals surface area contributed by atoms with E-state index in [1.54, 1.807) is 13.1 Å². The van der Waals surface area contributed by atoms with Gasteiger partial charge in [-0.3, -0.25) is 9.13 Å². The molecule has 0 saturated carbocycles. The normalized spacial score (nSPS) is 10.6. The predicted octanol–water partition coefficient (Wildman–Crippen LogP) is 0.981. The Labute approximate surface area is 97.2 Å². The molecule has 0 bridgehead atoms. The fraction of sp³-hybridized carbons (Fsp3) is 0.167. The first-order valence-corrected chi connectivity index (χ1v) is 5.07. The van der Waals surface area contributed by atoms with Gasteiger partial charge in [-0.1, -0.05) is 18.7 Å². The van der Waals surface area contributed by atoms with E-state index in [4.69, 9.17) is 5.11 Å². The number of aryl methyl sites for hydroxylation is 1. The summed E-state index contributed by atoms with van der Waals surface area (Å²) >= 11 is 0. The molecule has 1 N–H and O–H groups in total. The van der Waals surface area contributed by atoms with Crippen LogP contribution in [-0.4, -0.2) is 20.2 Å². The van der Waals surface area contributed by atoms with Gasteiger partial charge in [0.2, 0.25) is 0 Å². The maximum absolute atomic E-state index is 11.9. The maximum atomic E-state index is 11.9. The van der Waals surface area contributed by atoms with Crippen LogP contribution in [0.25, 0.3) is 11.0 Å². The van der Waals surface area contributed by atoms with E-state index < -0.39 is 5.97 Å². The molecule has 0 amide bonds.